The van der Waals surface area contributed by atoms with Crippen molar-refractivity contribution in [1.29, 1.82) is 0 Å². The first-order chi connectivity index (χ1) is 24.8. The summed E-state index contributed by atoms with van der Waals surface area (Å²) >= 11 is 0. The molecule has 0 N–H and O–H groups in total. The van der Waals surface area contributed by atoms with E-state index in [2.05, 4.69) is 197 Å². The number of para-hydroxylation sites is 2. The molecule has 2 heterocycles. The predicted molar refractivity (Wildman–Crippen MR) is 210 cm³/mol. The number of nitrogens with zero attached hydrogens (tertiary/aromatic N) is 2. The Hall–Kier alpha value is -6.38. The van der Waals surface area contributed by atoms with E-state index in [0.29, 0.717) is 0 Å². The molecule has 2 nitrogen and oxygen atoms in total. The quantitative estimate of drug-likeness (QED) is 0.178. The standard InChI is InChI=1S/C48H34N2/c1-3-13-33(14-4-1)35-25-28-38(29-26-35)49-45-23-9-8-20-42(45)44-32-37(27-30-47(44)49)40-21-12-22-43-41-19-7-10-24-46(41)50(48(40)43)39-18-11-17-36(31-39)34-15-5-2-6-16-34/h1-20,22-32,40H,21H2. The summed E-state index contributed by atoms with van der Waals surface area (Å²) in [5.74, 6) is 0.208. The van der Waals surface area contributed by atoms with Crippen molar-refractivity contribution in [2.45, 2.75) is 12.3 Å². The van der Waals surface area contributed by atoms with Crippen LogP contribution in [0.15, 0.2) is 182 Å². The number of benzene rings is 7. The third kappa shape index (κ3) is 4.57. The third-order valence-corrected chi connectivity index (χ3v) is 10.5. The molecule has 0 saturated carbocycles. The Morgan fingerprint density at radius 2 is 1.00 bits per heavy atom. The van der Waals surface area contributed by atoms with Gasteiger partial charge < -0.3 is 9.13 Å². The van der Waals surface area contributed by atoms with Crippen LogP contribution < -0.4 is 0 Å². The van der Waals surface area contributed by atoms with Crippen molar-refractivity contribution in [3.05, 3.63) is 199 Å². The molecule has 2 heteroatoms. The average Bonchev–Trinajstić information content (AvgIpc) is 3.71. The summed E-state index contributed by atoms with van der Waals surface area (Å²) in [6.45, 7) is 0. The molecule has 9 aromatic rings. The zero-order valence-corrected chi connectivity index (χ0v) is 27.6. The van der Waals surface area contributed by atoms with Crippen LogP contribution in [0.1, 0.15) is 29.2 Å². The molecular weight excluding hydrogens is 605 g/mol. The first-order valence-corrected chi connectivity index (χ1v) is 17.5. The van der Waals surface area contributed by atoms with E-state index in [0.717, 1.165) is 6.42 Å². The van der Waals surface area contributed by atoms with Crippen LogP contribution in [0.5, 0.6) is 0 Å². The largest absolute Gasteiger partial charge is 0.312 e. The molecule has 1 atom stereocenters. The van der Waals surface area contributed by atoms with Crippen molar-refractivity contribution in [3.8, 4) is 33.6 Å². The molecule has 0 radical (unpaired) electrons. The van der Waals surface area contributed by atoms with Crippen molar-refractivity contribution in [2.24, 2.45) is 0 Å². The molecule has 0 aliphatic heterocycles. The summed E-state index contributed by atoms with van der Waals surface area (Å²) in [4.78, 5) is 0. The van der Waals surface area contributed by atoms with Gasteiger partial charge in [-0.1, -0.05) is 140 Å². The molecule has 236 valence electrons. The number of aromatic nitrogens is 2. The van der Waals surface area contributed by atoms with Crippen LogP contribution in [0, 0.1) is 0 Å². The third-order valence-electron chi connectivity index (χ3n) is 10.5. The fourth-order valence-electron chi connectivity index (χ4n) is 8.18. The Kier molecular flexibility index (Phi) is 6.67. The van der Waals surface area contributed by atoms with E-state index in [1.54, 1.807) is 0 Å². The van der Waals surface area contributed by atoms with Gasteiger partial charge in [-0.15, -0.1) is 0 Å². The van der Waals surface area contributed by atoms with Crippen molar-refractivity contribution < 1.29 is 0 Å². The van der Waals surface area contributed by atoms with Gasteiger partial charge in [-0.05, 0) is 82.8 Å². The van der Waals surface area contributed by atoms with Crippen LogP contribution in [0.3, 0.4) is 0 Å². The fourth-order valence-corrected chi connectivity index (χ4v) is 8.18. The van der Waals surface area contributed by atoms with Crippen molar-refractivity contribution in [2.75, 3.05) is 0 Å². The molecule has 0 amide bonds. The molecule has 1 aliphatic rings. The van der Waals surface area contributed by atoms with Gasteiger partial charge in [0.05, 0.1) is 16.6 Å². The number of hydrogen-bond acceptors (Lipinski definition) is 0. The molecule has 0 saturated heterocycles. The predicted octanol–water partition coefficient (Wildman–Crippen LogP) is 12.6. The van der Waals surface area contributed by atoms with Gasteiger partial charge in [0, 0.05) is 44.7 Å². The lowest BCUT2D eigenvalue weighted by Crippen LogP contribution is -2.11. The second-order valence-electron chi connectivity index (χ2n) is 13.3. The van der Waals surface area contributed by atoms with Gasteiger partial charge in [0.15, 0.2) is 0 Å². The van der Waals surface area contributed by atoms with Gasteiger partial charge in [0.2, 0.25) is 0 Å². The van der Waals surface area contributed by atoms with Gasteiger partial charge >= 0.3 is 0 Å². The van der Waals surface area contributed by atoms with Crippen LogP contribution in [0.2, 0.25) is 0 Å². The molecule has 0 fully saturated rings. The highest BCUT2D eigenvalue weighted by molar-refractivity contribution is 6.09. The molecule has 10 rings (SSSR count). The highest BCUT2D eigenvalue weighted by Gasteiger charge is 2.28. The summed E-state index contributed by atoms with van der Waals surface area (Å²) in [5, 5.41) is 3.86. The Morgan fingerprint density at radius 1 is 0.400 bits per heavy atom. The Labute approximate surface area is 291 Å². The van der Waals surface area contributed by atoms with Crippen LogP contribution >= 0.6 is 0 Å². The number of fused-ring (bicyclic) bond motifs is 6. The SMILES string of the molecule is C1=Cc2c(n(-c3cccc(-c4ccccc4)c3)c3ccccc23)C(c2ccc3c(c2)c2ccccc2n3-c2ccc(-c3ccccc3)cc2)C1. The van der Waals surface area contributed by atoms with E-state index in [-0.39, 0.29) is 5.92 Å². The zero-order chi connectivity index (χ0) is 33.0. The molecule has 1 unspecified atom stereocenters. The first-order valence-electron chi connectivity index (χ1n) is 17.5. The van der Waals surface area contributed by atoms with Gasteiger partial charge in [0.1, 0.15) is 0 Å². The number of allylic oxidation sites excluding steroid dienone is 1. The molecule has 0 bridgehead atoms. The summed E-state index contributed by atoms with van der Waals surface area (Å²) in [6, 6.07) is 64.2. The molecule has 1 aliphatic carbocycles. The van der Waals surface area contributed by atoms with Crippen LogP contribution in [-0.4, -0.2) is 9.13 Å². The van der Waals surface area contributed by atoms with Crippen molar-refractivity contribution in [3.63, 3.8) is 0 Å². The molecule has 0 spiro atoms. The van der Waals surface area contributed by atoms with Crippen LogP contribution in [0.25, 0.3) is 72.4 Å². The monoisotopic (exact) mass is 638 g/mol. The lowest BCUT2D eigenvalue weighted by Gasteiger charge is -2.24. The van der Waals surface area contributed by atoms with Crippen LogP contribution in [-0.2, 0) is 0 Å². The van der Waals surface area contributed by atoms with Crippen LogP contribution in [0.4, 0.5) is 0 Å². The molecular formula is C48H34N2. The second kappa shape index (κ2) is 11.6. The van der Waals surface area contributed by atoms with Gasteiger partial charge in [-0.2, -0.15) is 0 Å². The van der Waals surface area contributed by atoms with Gasteiger partial charge in [-0.3, -0.25) is 0 Å². The zero-order valence-electron chi connectivity index (χ0n) is 27.6. The first kappa shape index (κ1) is 28.6. The minimum absolute atomic E-state index is 0.208. The highest BCUT2D eigenvalue weighted by atomic mass is 15.0. The Morgan fingerprint density at radius 3 is 1.76 bits per heavy atom. The van der Waals surface area contributed by atoms with Gasteiger partial charge in [-0.25, -0.2) is 0 Å². The van der Waals surface area contributed by atoms with Crippen molar-refractivity contribution >= 4 is 38.8 Å². The number of rotatable bonds is 5. The minimum atomic E-state index is 0.208. The minimum Gasteiger partial charge on any atom is -0.312 e. The highest BCUT2D eigenvalue weighted by Crippen LogP contribution is 2.44. The maximum absolute atomic E-state index is 2.52. The summed E-state index contributed by atoms with van der Waals surface area (Å²) < 4.78 is 4.94. The lowest BCUT2D eigenvalue weighted by atomic mass is 9.85. The van der Waals surface area contributed by atoms with E-state index in [1.807, 2.05) is 0 Å². The van der Waals surface area contributed by atoms with E-state index < -0.39 is 0 Å². The van der Waals surface area contributed by atoms with E-state index in [9.17, 15) is 0 Å². The maximum Gasteiger partial charge on any atom is 0.0541 e. The normalized spacial score (nSPS) is 14.0. The Balaban J connectivity index is 1.14. The summed E-state index contributed by atoms with van der Waals surface area (Å²) in [7, 11) is 0. The van der Waals surface area contributed by atoms with Crippen molar-refractivity contribution in [1.82, 2.24) is 9.13 Å². The van der Waals surface area contributed by atoms with E-state index in [4.69, 9.17) is 0 Å². The molecule has 50 heavy (non-hydrogen) atoms. The topological polar surface area (TPSA) is 9.86 Å². The molecule has 7 aromatic carbocycles. The molecule has 2 aromatic heterocycles. The Bertz CT molecular complexity index is 2710. The van der Waals surface area contributed by atoms with Gasteiger partial charge in [0.25, 0.3) is 0 Å². The lowest BCUT2D eigenvalue weighted by molar-refractivity contribution is 0.765. The second-order valence-corrected chi connectivity index (χ2v) is 13.3. The maximum atomic E-state index is 2.52. The van der Waals surface area contributed by atoms with E-state index in [1.165, 1.54) is 83.2 Å². The average molecular weight is 639 g/mol. The van der Waals surface area contributed by atoms with E-state index >= 15 is 0 Å². The summed E-state index contributed by atoms with van der Waals surface area (Å²) in [6.07, 6.45) is 5.66. The number of hydrogen-bond donors (Lipinski definition) is 0. The smallest absolute Gasteiger partial charge is 0.0541 e. The summed E-state index contributed by atoms with van der Waals surface area (Å²) in [5.41, 5.74) is 15.0. The fraction of sp³-hybridized carbons (Fsp3) is 0.0417.